The van der Waals surface area contributed by atoms with E-state index in [4.69, 9.17) is 4.52 Å². The molecule has 0 fully saturated rings. The SMILES string of the molecule is Cc1cc(C)c(C(=O)C(C)O[PH](=O)c2ccccc2)c(C)c1. The van der Waals surface area contributed by atoms with E-state index in [1.54, 1.807) is 19.1 Å². The molecule has 0 N–H and O–H groups in total. The van der Waals surface area contributed by atoms with Gasteiger partial charge in [-0.15, -0.1) is 0 Å². The summed E-state index contributed by atoms with van der Waals surface area (Å²) in [4.78, 5) is 12.6. The van der Waals surface area contributed by atoms with E-state index in [9.17, 15) is 9.36 Å². The van der Waals surface area contributed by atoms with Crippen LogP contribution in [-0.4, -0.2) is 11.9 Å². The maximum absolute atomic E-state index is 12.6. The Hall–Kier alpha value is -1.70. The summed E-state index contributed by atoms with van der Waals surface area (Å²) in [6.07, 6.45) is -0.730. The van der Waals surface area contributed by atoms with Crippen molar-refractivity contribution in [3.63, 3.8) is 0 Å². The van der Waals surface area contributed by atoms with E-state index in [-0.39, 0.29) is 5.78 Å². The van der Waals surface area contributed by atoms with Gasteiger partial charge >= 0.3 is 0 Å². The molecule has 0 spiro atoms. The Morgan fingerprint density at radius 1 is 1.05 bits per heavy atom. The van der Waals surface area contributed by atoms with Gasteiger partial charge in [-0.05, 0) is 51.0 Å². The topological polar surface area (TPSA) is 43.4 Å². The smallest absolute Gasteiger partial charge is 0.221 e. The average Bonchev–Trinajstić information content (AvgIpc) is 2.46. The monoisotopic (exact) mass is 316 g/mol. The van der Waals surface area contributed by atoms with E-state index in [0.717, 1.165) is 16.7 Å². The van der Waals surface area contributed by atoms with Gasteiger partial charge in [-0.25, -0.2) is 0 Å². The second kappa shape index (κ2) is 7.04. The van der Waals surface area contributed by atoms with Crippen LogP contribution in [0.3, 0.4) is 0 Å². The molecule has 0 saturated carbocycles. The molecule has 2 unspecified atom stereocenters. The van der Waals surface area contributed by atoms with Gasteiger partial charge in [0.15, 0.2) is 5.78 Å². The highest BCUT2D eigenvalue weighted by Crippen LogP contribution is 2.27. The summed E-state index contributed by atoms with van der Waals surface area (Å²) in [5.41, 5.74) is 3.65. The summed E-state index contributed by atoms with van der Waals surface area (Å²) in [5.74, 6) is -0.121. The summed E-state index contributed by atoms with van der Waals surface area (Å²) < 4.78 is 17.7. The van der Waals surface area contributed by atoms with Gasteiger partial charge in [-0.1, -0.05) is 35.9 Å². The van der Waals surface area contributed by atoms with Crippen LogP contribution in [0.1, 0.15) is 34.0 Å². The molecule has 0 amide bonds. The normalized spacial score (nSPS) is 13.6. The van der Waals surface area contributed by atoms with E-state index in [0.29, 0.717) is 10.9 Å². The molecule has 3 nitrogen and oxygen atoms in total. The number of aryl methyl sites for hydroxylation is 3. The Labute approximate surface area is 132 Å². The summed E-state index contributed by atoms with van der Waals surface area (Å²) in [7, 11) is -2.42. The van der Waals surface area contributed by atoms with Crippen molar-refractivity contribution in [2.45, 2.75) is 33.8 Å². The van der Waals surface area contributed by atoms with Crippen molar-refractivity contribution in [2.24, 2.45) is 0 Å². The quantitative estimate of drug-likeness (QED) is 0.618. The molecule has 2 rings (SSSR count). The molecule has 0 aliphatic rings. The average molecular weight is 316 g/mol. The van der Waals surface area contributed by atoms with E-state index in [1.165, 1.54) is 0 Å². The van der Waals surface area contributed by atoms with Crippen LogP contribution in [0, 0.1) is 20.8 Å². The molecule has 0 aliphatic heterocycles. The van der Waals surface area contributed by atoms with Crippen molar-refractivity contribution in [3.05, 3.63) is 64.7 Å². The van der Waals surface area contributed by atoms with Crippen LogP contribution in [0.25, 0.3) is 0 Å². The number of hydrogen-bond donors (Lipinski definition) is 0. The molecular formula is C18H21O3P. The summed E-state index contributed by atoms with van der Waals surface area (Å²) in [6.45, 7) is 7.50. The second-order valence-corrected chi connectivity index (χ2v) is 6.94. The number of hydrogen-bond acceptors (Lipinski definition) is 3. The molecule has 0 heterocycles. The lowest BCUT2D eigenvalue weighted by Crippen LogP contribution is -2.21. The molecule has 2 aromatic carbocycles. The van der Waals surface area contributed by atoms with Gasteiger partial charge in [0.25, 0.3) is 0 Å². The predicted octanol–water partition coefficient (Wildman–Crippen LogP) is 4.00. The van der Waals surface area contributed by atoms with Gasteiger partial charge in [0.1, 0.15) is 6.10 Å². The van der Waals surface area contributed by atoms with Crippen molar-refractivity contribution in [1.82, 2.24) is 0 Å². The Morgan fingerprint density at radius 3 is 2.14 bits per heavy atom. The van der Waals surface area contributed by atoms with Crippen molar-refractivity contribution in [1.29, 1.82) is 0 Å². The number of Topliss-reactive ketones (excluding diaryl/α,β-unsaturated/α-hetero) is 1. The van der Waals surface area contributed by atoms with Crippen LogP contribution in [0.15, 0.2) is 42.5 Å². The first-order chi connectivity index (χ1) is 10.4. The zero-order valence-electron chi connectivity index (χ0n) is 13.3. The van der Waals surface area contributed by atoms with Gasteiger partial charge in [0.05, 0.1) is 0 Å². The lowest BCUT2D eigenvalue weighted by molar-refractivity contribution is 0.0830. The molecule has 22 heavy (non-hydrogen) atoms. The fourth-order valence-electron chi connectivity index (χ4n) is 2.63. The van der Waals surface area contributed by atoms with Crippen molar-refractivity contribution in [2.75, 3.05) is 0 Å². The van der Waals surface area contributed by atoms with Crippen LogP contribution in [0.4, 0.5) is 0 Å². The standard InChI is InChI=1S/C18H21O3P/c1-12-10-13(2)17(14(3)11-12)18(19)15(4)21-22(20)16-8-6-5-7-9-16/h5-11,15,22H,1-4H3. The van der Waals surface area contributed by atoms with Gasteiger partial charge < -0.3 is 4.52 Å². The Morgan fingerprint density at radius 2 is 1.59 bits per heavy atom. The van der Waals surface area contributed by atoms with Crippen LogP contribution in [-0.2, 0) is 9.09 Å². The predicted molar refractivity (Wildman–Crippen MR) is 90.6 cm³/mol. The number of ketones is 1. The maximum atomic E-state index is 12.6. The Bertz CT molecular complexity index is 685. The molecule has 0 saturated heterocycles. The number of carbonyl (C=O) groups is 1. The highest BCUT2D eigenvalue weighted by molar-refractivity contribution is 7.48. The highest BCUT2D eigenvalue weighted by Gasteiger charge is 2.22. The first-order valence-electron chi connectivity index (χ1n) is 7.28. The summed E-state index contributed by atoms with van der Waals surface area (Å²) >= 11 is 0. The molecule has 0 radical (unpaired) electrons. The van der Waals surface area contributed by atoms with Gasteiger partial charge in [0, 0.05) is 10.9 Å². The minimum atomic E-state index is -2.42. The minimum absolute atomic E-state index is 0.121. The van der Waals surface area contributed by atoms with E-state index < -0.39 is 14.1 Å². The van der Waals surface area contributed by atoms with Crippen molar-refractivity contribution >= 4 is 19.1 Å². The Balaban J connectivity index is 2.18. The highest BCUT2D eigenvalue weighted by atomic mass is 31.1. The third-order valence-electron chi connectivity index (χ3n) is 3.59. The summed E-state index contributed by atoms with van der Waals surface area (Å²) in [6, 6.07) is 12.9. The van der Waals surface area contributed by atoms with Crippen LogP contribution in [0.5, 0.6) is 0 Å². The third kappa shape index (κ3) is 3.73. The van der Waals surface area contributed by atoms with E-state index in [1.807, 2.05) is 51.1 Å². The largest absolute Gasteiger partial charge is 0.316 e. The molecule has 116 valence electrons. The fourth-order valence-corrected chi connectivity index (χ4v) is 3.66. The van der Waals surface area contributed by atoms with Crippen LogP contribution in [0.2, 0.25) is 0 Å². The molecule has 0 aromatic heterocycles. The molecule has 4 heteroatoms. The van der Waals surface area contributed by atoms with Crippen molar-refractivity contribution in [3.8, 4) is 0 Å². The second-order valence-electron chi connectivity index (χ2n) is 5.55. The lowest BCUT2D eigenvalue weighted by atomic mass is 9.95. The number of benzene rings is 2. The molecule has 2 atom stereocenters. The van der Waals surface area contributed by atoms with Crippen LogP contribution >= 0.6 is 8.03 Å². The third-order valence-corrected chi connectivity index (χ3v) is 4.96. The number of rotatable bonds is 5. The van der Waals surface area contributed by atoms with Crippen molar-refractivity contribution < 1.29 is 13.9 Å². The van der Waals surface area contributed by atoms with Crippen LogP contribution < -0.4 is 5.30 Å². The van der Waals surface area contributed by atoms with Gasteiger partial charge in [-0.3, -0.25) is 9.36 Å². The lowest BCUT2D eigenvalue weighted by Gasteiger charge is -2.16. The first kappa shape index (κ1) is 16.7. The first-order valence-corrected chi connectivity index (χ1v) is 8.60. The fraction of sp³-hybridized carbons (Fsp3) is 0.278. The zero-order valence-corrected chi connectivity index (χ0v) is 14.3. The molecular weight excluding hydrogens is 295 g/mol. The molecule has 2 aromatic rings. The molecule has 0 aliphatic carbocycles. The zero-order chi connectivity index (χ0) is 16.3. The minimum Gasteiger partial charge on any atom is -0.316 e. The number of carbonyl (C=O) groups excluding carboxylic acids is 1. The Kier molecular flexibility index (Phi) is 5.33. The van der Waals surface area contributed by atoms with Gasteiger partial charge in [0.2, 0.25) is 8.03 Å². The maximum Gasteiger partial charge on any atom is 0.221 e. The van der Waals surface area contributed by atoms with E-state index >= 15 is 0 Å². The summed E-state index contributed by atoms with van der Waals surface area (Å²) in [5, 5.41) is 0.629. The van der Waals surface area contributed by atoms with E-state index in [2.05, 4.69) is 0 Å². The van der Waals surface area contributed by atoms with Gasteiger partial charge in [-0.2, -0.15) is 0 Å². The molecule has 0 bridgehead atoms.